The quantitative estimate of drug-likeness (QED) is 0.600. The molecule has 2 rings (SSSR count). The summed E-state index contributed by atoms with van der Waals surface area (Å²) in [6.45, 7) is 1.74. The molecule has 2 aromatic rings. The van der Waals surface area contributed by atoms with Gasteiger partial charge in [0.25, 0.3) is 5.69 Å². The van der Waals surface area contributed by atoms with Crippen molar-refractivity contribution in [1.29, 1.82) is 0 Å². The maximum absolute atomic E-state index is 10.7. The minimum atomic E-state index is -0.358. The molecule has 0 saturated carbocycles. The number of nitrogens with zero attached hydrogens (tertiary/aromatic N) is 3. The first-order valence-corrected chi connectivity index (χ1v) is 5.46. The molecule has 0 fully saturated rings. The average Bonchev–Trinajstić information content (AvgIpc) is 2.68. The van der Waals surface area contributed by atoms with Crippen LogP contribution in [0.4, 0.5) is 5.69 Å². The van der Waals surface area contributed by atoms with Crippen LogP contribution in [0.5, 0.6) is 0 Å². The monoisotopic (exact) mass is 233 g/mol. The van der Waals surface area contributed by atoms with E-state index in [1.165, 1.54) is 0 Å². The molecule has 90 valence electrons. The Bertz CT molecular complexity index is 546. The Hall–Kier alpha value is -1.88. The molecule has 17 heavy (non-hydrogen) atoms. The number of hydrogen-bond donors (Lipinski definition) is 0. The van der Waals surface area contributed by atoms with Crippen molar-refractivity contribution in [3.8, 4) is 0 Å². The van der Waals surface area contributed by atoms with Gasteiger partial charge in [-0.05, 0) is 26.2 Å². The van der Waals surface area contributed by atoms with Crippen LogP contribution in [0.25, 0.3) is 10.9 Å². The van der Waals surface area contributed by atoms with Gasteiger partial charge in [0.05, 0.1) is 10.4 Å². The van der Waals surface area contributed by atoms with Crippen LogP contribution in [0.3, 0.4) is 0 Å². The Morgan fingerprint density at radius 3 is 2.76 bits per heavy atom. The van der Waals surface area contributed by atoms with E-state index < -0.39 is 0 Å². The number of nitro groups is 1. The van der Waals surface area contributed by atoms with E-state index >= 15 is 0 Å². The minimum absolute atomic E-state index is 0.141. The van der Waals surface area contributed by atoms with Crippen LogP contribution in [-0.4, -0.2) is 35.0 Å². The van der Waals surface area contributed by atoms with Gasteiger partial charge in [0.15, 0.2) is 0 Å². The zero-order chi connectivity index (χ0) is 12.4. The summed E-state index contributed by atoms with van der Waals surface area (Å²) < 4.78 is 2.04. The van der Waals surface area contributed by atoms with Crippen molar-refractivity contribution in [3.63, 3.8) is 0 Å². The van der Waals surface area contributed by atoms with E-state index in [0.29, 0.717) is 0 Å². The third-order valence-electron chi connectivity index (χ3n) is 2.76. The van der Waals surface area contributed by atoms with Gasteiger partial charge in [-0.3, -0.25) is 10.1 Å². The minimum Gasteiger partial charge on any atom is -0.346 e. The second-order valence-corrected chi connectivity index (χ2v) is 4.31. The van der Waals surface area contributed by atoms with Gasteiger partial charge in [-0.25, -0.2) is 0 Å². The Morgan fingerprint density at radius 1 is 1.35 bits per heavy atom. The lowest BCUT2D eigenvalue weighted by Gasteiger charge is -2.10. The molecular formula is C12H15N3O2. The van der Waals surface area contributed by atoms with E-state index in [0.717, 1.165) is 24.0 Å². The molecule has 0 N–H and O–H groups in total. The molecule has 0 aliphatic heterocycles. The van der Waals surface area contributed by atoms with Crippen LogP contribution in [0.1, 0.15) is 0 Å². The summed E-state index contributed by atoms with van der Waals surface area (Å²) in [7, 11) is 4.02. The van der Waals surface area contributed by atoms with Gasteiger partial charge in [-0.1, -0.05) is 0 Å². The average molecular weight is 233 g/mol. The second-order valence-electron chi connectivity index (χ2n) is 4.31. The van der Waals surface area contributed by atoms with Crippen molar-refractivity contribution < 1.29 is 4.92 Å². The van der Waals surface area contributed by atoms with Crippen molar-refractivity contribution in [3.05, 3.63) is 40.6 Å². The van der Waals surface area contributed by atoms with Crippen molar-refractivity contribution in [1.82, 2.24) is 9.47 Å². The molecule has 1 aromatic heterocycles. The lowest BCUT2D eigenvalue weighted by Crippen LogP contribution is -2.17. The van der Waals surface area contributed by atoms with Crippen LogP contribution >= 0.6 is 0 Å². The zero-order valence-corrected chi connectivity index (χ0v) is 9.96. The van der Waals surface area contributed by atoms with Gasteiger partial charge < -0.3 is 9.47 Å². The van der Waals surface area contributed by atoms with Gasteiger partial charge >= 0.3 is 0 Å². The third kappa shape index (κ3) is 2.45. The molecular weight excluding hydrogens is 218 g/mol. The smallest absolute Gasteiger partial charge is 0.271 e. The molecule has 1 heterocycles. The highest BCUT2D eigenvalue weighted by Gasteiger charge is 2.08. The summed E-state index contributed by atoms with van der Waals surface area (Å²) in [5.41, 5.74) is 1.06. The second kappa shape index (κ2) is 4.55. The van der Waals surface area contributed by atoms with Gasteiger partial charge in [-0.15, -0.1) is 0 Å². The van der Waals surface area contributed by atoms with Crippen molar-refractivity contribution >= 4 is 16.6 Å². The Kier molecular flexibility index (Phi) is 3.10. The first kappa shape index (κ1) is 11.6. The van der Waals surface area contributed by atoms with Crippen LogP contribution < -0.4 is 0 Å². The van der Waals surface area contributed by atoms with Crippen LogP contribution in [0.15, 0.2) is 30.5 Å². The summed E-state index contributed by atoms with van der Waals surface area (Å²) in [6, 6.07) is 6.94. The largest absolute Gasteiger partial charge is 0.346 e. The molecule has 0 saturated heterocycles. The number of likely N-dealkylation sites (N-methyl/N-ethyl adjacent to an activating group) is 1. The Balaban J connectivity index is 2.36. The molecule has 0 amide bonds. The summed E-state index contributed by atoms with van der Waals surface area (Å²) >= 11 is 0. The summed E-state index contributed by atoms with van der Waals surface area (Å²) in [5.74, 6) is 0. The van der Waals surface area contributed by atoms with Gasteiger partial charge in [0, 0.05) is 36.8 Å². The lowest BCUT2D eigenvalue weighted by molar-refractivity contribution is -0.384. The molecule has 0 unspecified atom stereocenters. The molecule has 0 atom stereocenters. The predicted molar refractivity (Wildman–Crippen MR) is 67.1 cm³/mol. The molecule has 0 aliphatic rings. The van der Waals surface area contributed by atoms with Crippen LogP contribution in [0, 0.1) is 10.1 Å². The molecule has 0 aliphatic carbocycles. The highest BCUT2D eigenvalue weighted by Crippen LogP contribution is 2.21. The van der Waals surface area contributed by atoms with E-state index in [1.807, 2.05) is 30.9 Å². The highest BCUT2D eigenvalue weighted by molar-refractivity contribution is 5.82. The molecule has 0 bridgehead atoms. The number of fused-ring (bicyclic) bond motifs is 1. The number of aromatic nitrogens is 1. The standard InChI is InChI=1S/C12H15N3O2/c1-13(2)7-8-14-6-5-10-3-4-11(15(16)17)9-12(10)14/h3-6,9H,7-8H2,1-2H3. The number of nitro benzene ring substituents is 1. The normalized spacial score (nSPS) is 11.2. The zero-order valence-electron chi connectivity index (χ0n) is 9.96. The molecule has 0 spiro atoms. The van der Waals surface area contributed by atoms with E-state index in [1.54, 1.807) is 18.2 Å². The molecule has 1 aromatic carbocycles. The van der Waals surface area contributed by atoms with Gasteiger partial charge in [-0.2, -0.15) is 0 Å². The fraction of sp³-hybridized carbons (Fsp3) is 0.333. The van der Waals surface area contributed by atoms with Crippen LogP contribution in [0.2, 0.25) is 0 Å². The van der Waals surface area contributed by atoms with Crippen LogP contribution in [-0.2, 0) is 6.54 Å². The summed E-state index contributed by atoms with van der Waals surface area (Å²) in [6.07, 6.45) is 1.97. The summed E-state index contributed by atoms with van der Waals surface area (Å²) in [5, 5.41) is 11.8. The number of rotatable bonds is 4. The van der Waals surface area contributed by atoms with E-state index in [9.17, 15) is 10.1 Å². The Labute approximate surface area is 99.4 Å². The number of benzene rings is 1. The predicted octanol–water partition coefficient (Wildman–Crippen LogP) is 2.11. The molecule has 5 heteroatoms. The third-order valence-corrected chi connectivity index (χ3v) is 2.76. The fourth-order valence-electron chi connectivity index (χ4n) is 1.79. The summed E-state index contributed by atoms with van der Waals surface area (Å²) in [4.78, 5) is 12.5. The van der Waals surface area contributed by atoms with E-state index in [4.69, 9.17) is 0 Å². The molecule has 5 nitrogen and oxygen atoms in total. The number of non-ortho nitro benzene ring substituents is 1. The van der Waals surface area contributed by atoms with Gasteiger partial charge in [0.2, 0.25) is 0 Å². The highest BCUT2D eigenvalue weighted by atomic mass is 16.6. The van der Waals surface area contributed by atoms with Gasteiger partial charge in [0.1, 0.15) is 0 Å². The first-order chi connectivity index (χ1) is 8.08. The lowest BCUT2D eigenvalue weighted by atomic mass is 10.2. The fourth-order valence-corrected chi connectivity index (χ4v) is 1.79. The van der Waals surface area contributed by atoms with Crippen molar-refractivity contribution in [2.75, 3.05) is 20.6 Å². The van der Waals surface area contributed by atoms with Crippen molar-refractivity contribution in [2.45, 2.75) is 6.54 Å². The van der Waals surface area contributed by atoms with Crippen molar-refractivity contribution in [2.24, 2.45) is 0 Å². The SMILES string of the molecule is CN(C)CCn1ccc2ccc([N+](=O)[O-])cc21. The topological polar surface area (TPSA) is 51.3 Å². The molecule has 0 radical (unpaired) electrons. The number of hydrogen-bond acceptors (Lipinski definition) is 3. The maximum atomic E-state index is 10.7. The Morgan fingerprint density at radius 2 is 2.12 bits per heavy atom. The van der Waals surface area contributed by atoms with E-state index in [2.05, 4.69) is 4.90 Å². The van der Waals surface area contributed by atoms with E-state index in [-0.39, 0.29) is 10.6 Å². The maximum Gasteiger partial charge on any atom is 0.271 e. The first-order valence-electron chi connectivity index (χ1n) is 5.46.